The van der Waals surface area contributed by atoms with Crippen molar-refractivity contribution in [3.05, 3.63) is 41.2 Å². The van der Waals surface area contributed by atoms with Gasteiger partial charge < -0.3 is 9.88 Å². The molecule has 4 heterocycles. The smallest absolute Gasteiger partial charge is 0.208 e. The third-order valence-corrected chi connectivity index (χ3v) is 5.70. The number of hydrogen-bond donors (Lipinski definition) is 1. The summed E-state index contributed by atoms with van der Waals surface area (Å²) in [6, 6.07) is 3.74. The summed E-state index contributed by atoms with van der Waals surface area (Å²) in [7, 11) is 0. The SMILES string of the molecule is CC#Cc1nc(NCc2ccnc(Cl)c2)c2ncn([C@H]3CCCS3)c2n1. The molecule has 1 aliphatic heterocycles. The number of anilines is 1. The van der Waals surface area contributed by atoms with Crippen molar-refractivity contribution in [1.82, 2.24) is 24.5 Å². The van der Waals surface area contributed by atoms with Gasteiger partial charge in [0.1, 0.15) is 5.15 Å². The Kier molecular flexibility index (Phi) is 4.96. The van der Waals surface area contributed by atoms with Gasteiger partial charge in [0.05, 0.1) is 11.7 Å². The molecule has 0 aliphatic carbocycles. The van der Waals surface area contributed by atoms with Crippen molar-refractivity contribution in [3.8, 4) is 11.8 Å². The molecule has 0 saturated carbocycles. The number of aromatic nitrogens is 5. The van der Waals surface area contributed by atoms with Gasteiger partial charge in [-0.15, -0.1) is 11.8 Å². The fourth-order valence-corrected chi connectivity index (χ4v) is 4.39. The van der Waals surface area contributed by atoms with Crippen LogP contribution in [0.2, 0.25) is 5.15 Å². The Labute approximate surface area is 160 Å². The van der Waals surface area contributed by atoms with Gasteiger partial charge in [0.15, 0.2) is 17.0 Å². The van der Waals surface area contributed by atoms with Gasteiger partial charge in [0, 0.05) is 12.7 Å². The summed E-state index contributed by atoms with van der Waals surface area (Å²) in [5, 5.41) is 4.19. The minimum atomic E-state index is 0.379. The monoisotopic (exact) mass is 384 g/mol. The van der Waals surface area contributed by atoms with E-state index in [2.05, 4.69) is 41.7 Å². The van der Waals surface area contributed by atoms with Crippen LogP contribution in [0.3, 0.4) is 0 Å². The van der Waals surface area contributed by atoms with Crippen LogP contribution in [-0.2, 0) is 6.54 Å². The summed E-state index contributed by atoms with van der Waals surface area (Å²) in [5.41, 5.74) is 2.61. The van der Waals surface area contributed by atoms with E-state index in [1.165, 1.54) is 12.2 Å². The molecule has 1 N–H and O–H groups in total. The van der Waals surface area contributed by atoms with Gasteiger partial charge in [-0.3, -0.25) is 0 Å². The molecule has 4 rings (SSSR count). The van der Waals surface area contributed by atoms with Crippen LogP contribution in [0.4, 0.5) is 5.82 Å². The Hall–Kier alpha value is -2.30. The van der Waals surface area contributed by atoms with E-state index in [1.807, 2.05) is 30.2 Å². The lowest BCUT2D eigenvalue weighted by Gasteiger charge is -2.12. The molecule has 1 atom stereocenters. The van der Waals surface area contributed by atoms with Crippen LogP contribution in [0.1, 0.15) is 36.5 Å². The average Bonchev–Trinajstić information content (AvgIpc) is 3.29. The van der Waals surface area contributed by atoms with Crippen molar-refractivity contribution >= 4 is 40.3 Å². The molecule has 1 aliphatic rings. The Balaban J connectivity index is 1.71. The first-order valence-corrected chi connectivity index (χ1v) is 9.80. The maximum absolute atomic E-state index is 5.96. The fourth-order valence-electron chi connectivity index (χ4n) is 2.94. The molecule has 0 bridgehead atoms. The second kappa shape index (κ2) is 7.52. The van der Waals surface area contributed by atoms with Crippen LogP contribution in [0.25, 0.3) is 11.2 Å². The number of imidazole rings is 1. The van der Waals surface area contributed by atoms with Crippen molar-refractivity contribution < 1.29 is 0 Å². The zero-order valence-electron chi connectivity index (χ0n) is 14.2. The van der Waals surface area contributed by atoms with Gasteiger partial charge in [-0.25, -0.2) is 19.9 Å². The Morgan fingerprint density at radius 1 is 1.38 bits per heavy atom. The highest BCUT2D eigenvalue weighted by Gasteiger charge is 2.22. The van der Waals surface area contributed by atoms with Gasteiger partial charge in [-0.2, -0.15) is 0 Å². The summed E-state index contributed by atoms with van der Waals surface area (Å²) in [6.07, 6.45) is 5.90. The van der Waals surface area contributed by atoms with E-state index in [-0.39, 0.29) is 0 Å². The predicted molar refractivity (Wildman–Crippen MR) is 105 cm³/mol. The Bertz CT molecular complexity index is 1000. The van der Waals surface area contributed by atoms with E-state index in [0.29, 0.717) is 28.7 Å². The number of nitrogens with one attached hydrogen (secondary N) is 1. The lowest BCUT2D eigenvalue weighted by Crippen LogP contribution is -2.07. The number of thioether (sulfide) groups is 1. The third-order valence-electron chi connectivity index (χ3n) is 4.13. The number of rotatable bonds is 4. The van der Waals surface area contributed by atoms with Gasteiger partial charge in [0.2, 0.25) is 5.82 Å². The lowest BCUT2D eigenvalue weighted by molar-refractivity contribution is 0.654. The highest BCUT2D eigenvalue weighted by atomic mass is 35.5. The maximum atomic E-state index is 5.96. The van der Waals surface area contributed by atoms with E-state index in [4.69, 9.17) is 11.6 Å². The van der Waals surface area contributed by atoms with Crippen molar-refractivity contribution in [2.75, 3.05) is 11.1 Å². The molecule has 0 radical (unpaired) electrons. The average molecular weight is 385 g/mol. The molecule has 1 fully saturated rings. The first-order chi connectivity index (χ1) is 12.7. The Morgan fingerprint density at radius 2 is 2.31 bits per heavy atom. The summed E-state index contributed by atoms with van der Waals surface area (Å²) >= 11 is 7.90. The van der Waals surface area contributed by atoms with Crippen LogP contribution in [0.15, 0.2) is 24.7 Å². The summed E-state index contributed by atoms with van der Waals surface area (Å²) in [4.78, 5) is 17.7. The topological polar surface area (TPSA) is 68.5 Å². The molecule has 26 heavy (non-hydrogen) atoms. The van der Waals surface area contributed by atoms with Crippen LogP contribution in [0.5, 0.6) is 0 Å². The fraction of sp³-hybridized carbons (Fsp3) is 0.333. The molecule has 0 spiro atoms. The molecule has 8 heteroatoms. The lowest BCUT2D eigenvalue weighted by atomic mass is 10.2. The van der Waals surface area contributed by atoms with Crippen LogP contribution < -0.4 is 5.32 Å². The molecule has 0 aromatic carbocycles. The van der Waals surface area contributed by atoms with Crippen molar-refractivity contribution in [1.29, 1.82) is 0 Å². The zero-order chi connectivity index (χ0) is 17.9. The van der Waals surface area contributed by atoms with Crippen LogP contribution in [0, 0.1) is 11.8 Å². The first-order valence-electron chi connectivity index (χ1n) is 8.38. The van der Waals surface area contributed by atoms with E-state index >= 15 is 0 Å². The predicted octanol–water partition coefficient (Wildman–Crippen LogP) is 3.88. The van der Waals surface area contributed by atoms with E-state index in [1.54, 1.807) is 13.1 Å². The maximum Gasteiger partial charge on any atom is 0.208 e. The minimum absolute atomic E-state index is 0.379. The summed E-state index contributed by atoms with van der Waals surface area (Å²) in [5.74, 6) is 8.19. The molecule has 1 saturated heterocycles. The molecule has 6 nitrogen and oxygen atoms in total. The van der Waals surface area contributed by atoms with Crippen molar-refractivity contribution in [2.24, 2.45) is 0 Å². The molecule has 0 unspecified atom stereocenters. The summed E-state index contributed by atoms with van der Waals surface area (Å²) in [6.45, 7) is 2.35. The van der Waals surface area contributed by atoms with Crippen molar-refractivity contribution in [2.45, 2.75) is 31.7 Å². The number of halogens is 1. The summed E-state index contributed by atoms with van der Waals surface area (Å²) < 4.78 is 2.14. The van der Waals surface area contributed by atoms with E-state index < -0.39 is 0 Å². The van der Waals surface area contributed by atoms with Crippen LogP contribution in [-0.4, -0.2) is 30.3 Å². The Morgan fingerprint density at radius 3 is 3.08 bits per heavy atom. The second-order valence-corrected chi connectivity index (χ2v) is 7.58. The highest BCUT2D eigenvalue weighted by Crippen LogP contribution is 2.37. The van der Waals surface area contributed by atoms with E-state index in [0.717, 1.165) is 23.1 Å². The largest absolute Gasteiger partial charge is 0.364 e. The zero-order valence-corrected chi connectivity index (χ0v) is 15.8. The van der Waals surface area contributed by atoms with Crippen LogP contribution >= 0.6 is 23.4 Å². The standard InChI is InChI=1S/C18H17ClN6S/c1-2-4-14-23-17(21-10-12-6-7-20-13(19)9-12)16-18(24-14)25(11-22-16)15-5-3-8-26-15/h6-7,9,11,15H,3,5,8,10H2,1H3,(H,21,23,24)/t15-/m1/s1. The number of fused-ring (bicyclic) bond motifs is 1. The third kappa shape index (κ3) is 3.48. The van der Waals surface area contributed by atoms with Crippen molar-refractivity contribution in [3.63, 3.8) is 0 Å². The van der Waals surface area contributed by atoms with Gasteiger partial charge >= 0.3 is 0 Å². The highest BCUT2D eigenvalue weighted by molar-refractivity contribution is 7.99. The normalized spacial score (nSPS) is 16.5. The van der Waals surface area contributed by atoms with Gasteiger partial charge in [0.25, 0.3) is 0 Å². The number of nitrogens with zero attached hydrogens (tertiary/aromatic N) is 5. The molecule has 3 aromatic heterocycles. The van der Waals surface area contributed by atoms with E-state index in [9.17, 15) is 0 Å². The molecular formula is C18H17ClN6S. The molecule has 0 amide bonds. The van der Waals surface area contributed by atoms with Gasteiger partial charge in [-0.1, -0.05) is 17.5 Å². The van der Waals surface area contributed by atoms with Gasteiger partial charge in [-0.05, 0) is 49.1 Å². The minimum Gasteiger partial charge on any atom is -0.364 e. The molecule has 3 aromatic rings. The first kappa shape index (κ1) is 17.1. The number of pyridine rings is 1. The molecular weight excluding hydrogens is 368 g/mol. The quantitative estimate of drug-likeness (QED) is 0.543. The number of hydrogen-bond acceptors (Lipinski definition) is 6. The second-order valence-electron chi connectivity index (χ2n) is 5.90. The molecule has 132 valence electrons.